The van der Waals surface area contributed by atoms with E-state index in [1.807, 2.05) is 0 Å². The molecule has 1 saturated heterocycles. The molecule has 0 spiro atoms. The highest BCUT2D eigenvalue weighted by Gasteiger charge is 2.39. The van der Waals surface area contributed by atoms with Crippen LogP contribution in [0.3, 0.4) is 0 Å². The largest absolute Gasteiger partial charge is 0.480 e. The molecule has 0 aromatic carbocycles. The van der Waals surface area contributed by atoms with Crippen molar-refractivity contribution in [3.8, 4) is 0 Å². The van der Waals surface area contributed by atoms with Crippen LogP contribution in [0.4, 0.5) is 4.39 Å². The Morgan fingerprint density at radius 3 is 2.50 bits per heavy atom. The number of carboxylic acid groups (broad SMARTS) is 1. The normalized spacial score (nSPS) is 40.0. The van der Waals surface area contributed by atoms with E-state index >= 15 is 0 Å². The summed E-state index contributed by atoms with van der Waals surface area (Å²) in [5.74, 6) is -1.26. The molecule has 0 saturated carbocycles. The molecule has 1 aliphatic rings. The van der Waals surface area contributed by atoms with Gasteiger partial charge in [0.1, 0.15) is 6.04 Å². The SMILES string of the molecule is O=C(O)C1NCC(O)C1F. The van der Waals surface area contributed by atoms with E-state index in [0.717, 1.165) is 0 Å². The van der Waals surface area contributed by atoms with Crippen LogP contribution < -0.4 is 5.32 Å². The van der Waals surface area contributed by atoms with Crippen molar-refractivity contribution >= 4 is 5.97 Å². The number of aliphatic hydroxyl groups excluding tert-OH is 1. The molecule has 0 aromatic heterocycles. The van der Waals surface area contributed by atoms with Gasteiger partial charge in [0.15, 0.2) is 6.17 Å². The van der Waals surface area contributed by atoms with Gasteiger partial charge in [-0.1, -0.05) is 0 Å². The number of nitrogens with one attached hydrogen (secondary N) is 1. The Bertz CT molecular complexity index is 152. The van der Waals surface area contributed by atoms with Crippen LogP contribution in [0.1, 0.15) is 0 Å². The molecule has 1 rings (SSSR count). The van der Waals surface area contributed by atoms with E-state index in [1.165, 1.54) is 0 Å². The van der Waals surface area contributed by atoms with Crippen molar-refractivity contribution in [3.63, 3.8) is 0 Å². The van der Waals surface area contributed by atoms with Gasteiger partial charge in [0.05, 0.1) is 6.10 Å². The fourth-order valence-electron chi connectivity index (χ4n) is 0.919. The minimum absolute atomic E-state index is 0.0120. The van der Waals surface area contributed by atoms with E-state index in [9.17, 15) is 9.18 Å². The molecule has 10 heavy (non-hydrogen) atoms. The summed E-state index contributed by atoms with van der Waals surface area (Å²) in [5.41, 5.74) is 0. The quantitative estimate of drug-likeness (QED) is 0.435. The molecule has 1 aliphatic heterocycles. The van der Waals surface area contributed by atoms with Gasteiger partial charge in [-0.2, -0.15) is 0 Å². The highest BCUT2D eigenvalue weighted by Crippen LogP contribution is 2.11. The van der Waals surface area contributed by atoms with Crippen LogP contribution in [-0.4, -0.2) is 41.0 Å². The first kappa shape index (κ1) is 7.43. The molecule has 4 nitrogen and oxygen atoms in total. The third kappa shape index (κ3) is 1.10. The number of β-amino-alcohol motifs (C(OH)–C–C–N with tert-alkyl or cyclic N) is 1. The Labute approximate surface area is 56.7 Å². The maximum atomic E-state index is 12.5. The van der Waals surface area contributed by atoms with Crippen LogP contribution >= 0.6 is 0 Å². The van der Waals surface area contributed by atoms with Crippen molar-refractivity contribution in [1.82, 2.24) is 5.32 Å². The summed E-state index contributed by atoms with van der Waals surface area (Å²) in [5, 5.41) is 19.3. The van der Waals surface area contributed by atoms with Crippen molar-refractivity contribution in [2.75, 3.05) is 6.54 Å². The average molecular weight is 149 g/mol. The van der Waals surface area contributed by atoms with Gasteiger partial charge < -0.3 is 10.2 Å². The average Bonchev–Trinajstić information content (AvgIpc) is 2.14. The van der Waals surface area contributed by atoms with Gasteiger partial charge >= 0.3 is 5.97 Å². The first-order chi connectivity index (χ1) is 4.63. The van der Waals surface area contributed by atoms with Gasteiger partial charge in [0.2, 0.25) is 0 Å². The summed E-state index contributed by atoms with van der Waals surface area (Å²) < 4.78 is 12.5. The lowest BCUT2D eigenvalue weighted by Gasteiger charge is -2.07. The van der Waals surface area contributed by atoms with Gasteiger partial charge in [-0.05, 0) is 0 Å². The Morgan fingerprint density at radius 2 is 2.30 bits per heavy atom. The Morgan fingerprint density at radius 1 is 1.70 bits per heavy atom. The van der Waals surface area contributed by atoms with Gasteiger partial charge in [0, 0.05) is 6.54 Å². The molecule has 0 aromatic rings. The molecule has 58 valence electrons. The molecule has 1 heterocycles. The number of halogens is 1. The van der Waals surface area contributed by atoms with E-state index in [-0.39, 0.29) is 6.54 Å². The van der Waals surface area contributed by atoms with E-state index in [0.29, 0.717) is 0 Å². The van der Waals surface area contributed by atoms with E-state index < -0.39 is 24.3 Å². The molecule has 0 radical (unpaired) electrons. The predicted molar refractivity (Wildman–Crippen MR) is 30.3 cm³/mol. The zero-order chi connectivity index (χ0) is 7.72. The summed E-state index contributed by atoms with van der Waals surface area (Å²) in [7, 11) is 0. The number of carbonyl (C=O) groups is 1. The molecule has 5 heteroatoms. The minimum atomic E-state index is -1.68. The second-order valence-electron chi connectivity index (χ2n) is 2.24. The van der Waals surface area contributed by atoms with Crippen LogP contribution in [0, 0.1) is 0 Å². The second-order valence-corrected chi connectivity index (χ2v) is 2.24. The first-order valence-electron chi connectivity index (χ1n) is 2.91. The van der Waals surface area contributed by atoms with Gasteiger partial charge in [0.25, 0.3) is 0 Å². The highest BCUT2D eigenvalue weighted by atomic mass is 19.1. The summed E-state index contributed by atoms with van der Waals surface area (Å²) in [6, 6.07) is -1.24. The second kappa shape index (κ2) is 2.51. The molecule has 0 amide bonds. The minimum Gasteiger partial charge on any atom is -0.480 e. The zero-order valence-electron chi connectivity index (χ0n) is 5.12. The lowest BCUT2D eigenvalue weighted by molar-refractivity contribution is -0.140. The number of aliphatic carboxylic acids is 1. The van der Waals surface area contributed by atoms with Crippen molar-refractivity contribution in [3.05, 3.63) is 0 Å². The predicted octanol–water partition coefficient (Wildman–Crippen LogP) is -1.26. The van der Waals surface area contributed by atoms with Crippen LogP contribution in [0.15, 0.2) is 0 Å². The summed E-state index contributed by atoms with van der Waals surface area (Å²) in [6.07, 6.45) is -2.86. The first-order valence-corrected chi connectivity index (χ1v) is 2.91. The molecule has 3 unspecified atom stereocenters. The van der Waals surface area contributed by atoms with E-state index in [4.69, 9.17) is 10.2 Å². The molecular formula is C5H8FNO3. The van der Waals surface area contributed by atoms with Gasteiger partial charge in [-0.3, -0.25) is 10.1 Å². The summed E-state index contributed by atoms with van der Waals surface area (Å²) >= 11 is 0. The standard InChI is InChI=1S/C5H8FNO3/c6-3-2(8)1-7-4(3)5(9)10/h2-4,7-8H,1H2,(H,9,10). The molecule has 3 atom stereocenters. The molecule has 0 aliphatic carbocycles. The molecule has 0 bridgehead atoms. The fourth-order valence-corrected chi connectivity index (χ4v) is 0.919. The number of hydrogen-bond donors (Lipinski definition) is 3. The maximum absolute atomic E-state index is 12.5. The zero-order valence-corrected chi connectivity index (χ0v) is 5.12. The van der Waals surface area contributed by atoms with Crippen molar-refractivity contribution in [1.29, 1.82) is 0 Å². The highest BCUT2D eigenvalue weighted by molar-refractivity contribution is 5.74. The number of carboxylic acids is 1. The number of aliphatic hydroxyl groups is 1. The summed E-state index contributed by atoms with van der Waals surface area (Å²) in [4.78, 5) is 10.1. The fraction of sp³-hybridized carbons (Fsp3) is 0.800. The molecule has 3 N–H and O–H groups in total. The monoisotopic (exact) mass is 149 g/mol. The van der Waals surface area contributed by atoms with Crippen LogP contribution in [0.5, 0.6) is 0 Å². The van der Waals surface area contributed by atoms with Crippen LogP contribution in [0.2, 0.25) is 0 Å². The van der Waals surface area contributed by atoms with Crippen molar-refractivity contribution < 1.29 is 19.4 Å². The molecular weight excluding hydrogens is 141 g/mol. The number of alkyl halides is 1. The Kier molecular flexibility index (Phi) is 1.87. The van der Waals surface area contributed by atoms with Crippen molar-refractivity contribution in [2.24, 2.45) is 0 Å². The van der Waals surface area contributed by atoms with E-state index in [1.54, 1.807) is 0 Å². The third-order valence-electron chi connectivity index (χ3n) is 1.50. The Hall–Kier alpha value is -0.680. The lowest BCUT2D eigenvalue weighted by Crippen LogP contribution is -2.37. The lowest BCUT2D eigenvalue weighted by atomic mass is 10.2. The number of rotatable bonds is 1. The smallest absolute Gasteiger partial charge is 0.323 e. The third-order valence-corrected chi connectivity index (χ3v) is 1.50. The number of hydrogen-bond acceptors (Lipinski definition) is 3. The van der Waals surface area contributed by atoms with E-state index in [2.05, 4.69) is 5.32 Å². The molecule has 1 fully saturated rings. The summed E-state index contributed by atoms with van der Waals surface area (Å²) in [6.45, 7) is 0.0120. The van der Waals surface area contributed by atoms with Gasteiger partial charge in [-0.15, -0.1) is 0 Å². The topological polar surface area (TPSA) is 69.6 Å². The Balaban J connectivity index is 2.57. The maximum Gasteiger partial charge on any atom is 0.323 e. The van der Waals surface area contributed by atoms with Crippen LogP contribution in [0.25, 0.3) is 0 Å². The van der Waals surface area contributed by atoms with Crippen LogP contribution in [-0.2, 0) is 4.79 Å². The van der Waals surface area contributed by atoms with Crippen molar-refractivity contribution in [2.45, 2.75) is 18.3 Å². The van der Waals surface area contributed by atoms with Gasteiger partial charge in [-0.25, -0.2) is 4.39 Å².